The van der Waals surface area contributed by atoms with Crippen molar-refractivity contribution in [2.45, 2.75) is 12.5 Å². The molecule has 1 aromatic heterocycles. The molecule has 1 aliphatic heterocycles. The van der Waals surface area contributed by atoms with Crippen molar-refractivity contribution in [3.63, 3.8) is 0 Å². The van der Waals surface area contributed by atoms with E-state index < -0.39 is 0 Å². The van der Waals surface area contributed by atoms with Crippen LogP contribution >= 0.6 is 0 Å². The highest BCUT2D eigenvalue weighted by Gasteiger charge is 2.15. The van der Waals surface area contributed by atoms with Gasteiger partial charge >= 0.3 is 0 Å². The number of ether oxygens (including phenoxy) is 3. The number of morpholine rings is 1. The van der Waals surface area contributed by atoms with Crippen molar-refractivity contribution < 1.29 is 14.2 Å². The third-order valence-electron chi connectivity index (χ3n) is 3.88. The van der Waals surface area contributed by atoms with E-state index >= 15 is 0 Å². The van der Waals surface area contributed by atoms with Crippen molar-refractivity contribution in [1.82, 2.24) is 15.3 Å². The summed E-state index contributed by atoms with van der Waals surface area (Å²) in [5, 5.41) is 3.35. The zero-order valence-corrected chi connectivity index (χ0v) is 13.9. The molecule has 0 bridgehead atoms. The Hall–Kier alpha value is -2.02. The van der Waals surface area contributed by atoms with Gasteiger partial charge in [-0.1, -0.05) is 24.3 Å². The Balaban J connectivity index is 1.55. The molecule has 1 fully saturated rings. The quantitative estimate of drug-likeness (QED) is 0.781. The van der Waals surface area contributed by atoms with Crippen LogP contribution in [0.1, 0.15) is 23.1 Å². The minimum Gasteiger partial charge on any atom is -0.488 e. The normalized spacial score (nSPS) is 17.6. The summed E-state index contributed by atoms with van der Waals surface area (Å²) in [4.78, 5) is 8.71. The molecule has 128 valence electrons. The first-order valence-electron chi connectivity index (χ1n) is 8.19. The zero-order valence-electron chi connectivity index (χ0n) is 13.9. The van der Waals surface area contributed by atoms with Gasteiger partial charge in [-0.05, 0) is 11.1 Å². The van der Waals surface area contributed by atoms with Crippen LogP contribution in [0, 0.1) is 0 Å². The van der Waals surface area contributed by atoms with E-state index in [4.69, 9.17) is 14.2 Å². The maximum absolute atomic E-state index is 5.77. The molecule has 0 spiro atoms. The standard InChI is InChI=1S/C18H23N3O3/c1-22-8-9-23-16-11-20-18(21-12-16)10-14-2-4-15(5-3-14)17-13-19-6-7-24-17/h2-5,11-12,17,19H,6-10,13H2,1H3/t17-/m1/s1. The number of hydrogen-bond donors (Lipinski definition) is 1. The number of nitrogens with one attached hydrogen (secondary N) is 1. The van der Waals surface area contributed by atoms with Crippen molar-refractivity contribution in [1.29, 1.82) is 0 Å². The topological polar surface area (TPSA) is 65.5 Å². The molecular weight excluding hydrogens is 306 g/mol. The molecule has 0 unspecified atom stereocenters. The predicted octanol–water partition coefficient (Wildman–Crippen LogP) is 1.75. The van der Waals surface area contributed by atoms with Crippen LogP contribution in [0.3, 0.4) is 0 Å². The van der Waals surface area contributed by atoms with Crippen molar-refractivity contribution in [3.8, 4) is 5.75 Å². The average Bonchev–Trinajstić information content (AvgIpc) is 2.65. The summed E-state index contributed by atoms with van der Waals surface area (Å²) in [7, 11) is 1.64. The second-order valence-electron chi connectivity index (χ2n) is 5.66. The first-order valence-corrected chi connectivity index (χ1v) is 8.19. The smallest absolute Gasteiger partial charge is 0.156 e. The van der Waals surface area contributed by atoms with Crippen LogP contribution in [0.2, 0.25) is 0 Å². The van der Waals surface area contributed by atoms with Crippen molar-refractivity contribution >= 4 is 0 Å². The van der Waals surface area contributed by atoms with E-state index in [-0.39, 0.29) is 6.10 Å². The monoisotopic (exact) mass is 329 g/mol. The number of hydrogen-bond acceptors (Lipinski definition) is 6. The fourth-order valence-electron chi connectivity index (χ4n) is 2.56. The second kappa shape index (κ2) is 8.73. The Labute approximate surface area is 142 Å². The molecule has 1 N–H and O–H groups in total. The van der Waals surface area contributed by atoms with Crippen LogP contribution in [0.4, 0.5) is 0 Å². The van der Waals surface area contributed by atoms with Crippen LogP contribution in [0.15, 0.2) is 36.7 Å². The maximum atomic E-state index is 5.77. The number of nitrogens with zero attached hydrogens (tertiary/aromatic N) is 2. The first kappa shape index (κ1) is 16.8. The van der Waals surface area contributed by atoms with E-state index in [1.54, 1.807) is 19.5 Å². The third kappa shape index (κ3) is 4.74. The van der Waals surface area contributed by atoms with E-state index in [1.165, 1.54) is 11.1 Å². The molecule has 0 saturated carbocycles. The van der Waals surface area contributed by atoms with Crippen LogP contribution in [0.25, 0.3) is 0 Å². The lowest BCUT2D eigenvalue weighted by Crippen LogP contribution is -2.33. The lowest BCUT2D eigenvalue weighted by molar-refractivity contribution is 0.0277. The number of rotatable bonds is 7. The zero-order chi connectivity index (χ0) is 16.6. The minimum absolute atomic E-state index is 0.146. The van der Waals surface area contributed by atoms with Gasteiger partial charge in [0.1, 0.15) is 12.4 Å². The van der Waals surface area contributed by atoms with Crippen LogP contribution in [-0.2, 0) is 15.9 Å². The summed E-state index contributed by atoms with van der Waals surface area (Å²) >= 11 is 0. The Morgan fingerprint density at radius 3 is 2.62 bits per heavy atom. The van der Waals surface area contributed by atoms with Gasteiger partial charge in [0.15, 0.2) is 5.75 Å². The van der Waals surface area contributed by atoms with Gasteiger partial charge < -0.3 is 19.5 Å². The van der Waals surface area contributed by atoms with Crippen LogP contribution in [0.5, 0.6) is 5.75 Å². The van der Waals surface area contributed by atoms with Gasteiger partial charge in [-0.3, -0.25) is 0 Å². The fraction of sp³-hybridized carbons (Fsp3) is 0.444. The first-order chi connectivity index (χ1) is 11.8. The lowest BCUT2D eigenvalue weighted by Gasteiger charge is -2.24. The summed E-state index contributed by atoms with van der Waals surface area (Å²) < 4.78 is 16.2. The van der Waals surface area contributed by atoms with Crippen molar-refractivity contribution in [2.75, 3.05) is 40.0 Å². The molecule has 2 heterocycles. The van der Waals surface area contributed by atoms with Crippen LogP contribution < -0.4 is 10.1 Å². The van der Waals surface area contributed by atoms with Gasteiger partial charge in [-0.2, -0.15) is 0 Å². The molecule has 6 heteroatoms. The molecule has 1 aliphatic rings. The Morgan fingerprint density at radius 1 is 1.17 bits per heavy atom. The van der Waals surface area contributed by atoms with E-state index in [1.807, 2.05) is 0 Å². The summed E-state index contributed by atoms with van der Waals surface area (Å²) in [5.74, 6) is 1.44. The van der Waals surface area contributed by atoms with Gasteiger partial charge in [0.25, 0.3) is 0 Å². The average molecular weight is 329 g/mol. The second-order valence-corrected chi connectivity index (χ2v) is 5.66. The summed E-state index contributed by atoms with van der Waals surface area (Å²) in [5.41, 5.74) is 2.38. The fourth-order valence-corrected chi connectivity index (χ4v) is 2.56. The molecule has 1 aromatic carbocycles. The SMILES string of the molecule is COCCOc1cnc(Cc2ccc([C@H]3CNCCO3)cc2)nc1. The molecule has 3 rings (SSSR count). The molecule has 1 atom stereocenters. The number of benzene rings is 1. The van der Waals surface area contributed by atoms with E-state index in [9.17, 15) is 0 Å². The number of methoxy groups -OCH3 is 1. The highest BCUT2D eigenvalue weighted by atomic mass is 16.5. The van der Waals surface area contributed by atoms with Gasteiger partial charge in [-0.25, -0.2) is 9.97 Å². The predicted molar refractivity (Wildman–Crippen MR) is 90.2 cm³/mol. The van der Waals surface area contributed by atoms with Crippen molar-refractivity contribution in [2.24, 2.45) is 0 Å². The maximum Gasteiger partial charge on any atom is 0.156 e. The van der Waals surface area contributed by atoms with E-state index in [0.29, 0.717) is 25.4 Å². The van der Waals surface area contributed by atoms with Crippen molar-refractivity contribution in [3.05, 3.63) is 53.6 Å². The van der Waals surface area contributed by atoms with Gasteiger partial charge in [0, 0.05) is 26.6 Å². The molecular formula is C18H23N3O3. The van der Waals surface area contributed by atoms with Gasteiger partial charge in [-0.15, -0.1) is 0 Å². The Bertz CT molecular complexity index is 610. The van der Waals surface area contributed by atoms with E-state index in [2.05, 4.69) is 39.6 Å². The minimum atomic E-state index is 0.146. The molecule has 0 radical (unpaired) electrons. The lowest BCUT2D eigenvalue weighted by atomic mass is 10.0. The highest BCUT2D eigenvalue weighted by molar-refractivity contribution is 5.27. The molecule has 0 aliphatic carbocycles. The third-order valence-corrected chi connectivity index (χ3v) is 3.88. The Kier molecular flexibility index (Phi) is 6.12. The van der Waals surface area contributed by atoms with Crippen LogP contribution in [-0.4, -0.2) is 50.0 Å². The molecule has 24 heavy (non-hydrogen) atoms. The molecule has 1 saturated heterocycles. The summed E-state index contributed by atoms with van der Waals surface area (Å²) in [6.07, 6.45) is 4.25. The van der Waals surface area contributed by atoms with Gasteiger partial charge in [0.2, 0.25) is 0 Å². The molecule has 0 amide bonds. The van der Waals surface area contributed by atoms with Gasteiger partial charge in [0.05, 0.1) is 31.7 Å². The summed E-state index contributed by atoms with van der Waals surface area (Å²) in [6, 6.07) is 8.46. The molecule has 2 aromatic rings. The Morgan fingerprint density at radius 2 is 1.96 bits per heavy atom. The van der Waals surface area contributed by atoms with E-state index in [0.717, 1.165) is 25.5 Å². The largest absolute Gasteiger partial charge is 0.488 e. The molecule has 6 nitrogen and oxygen atoms in total. The summed E-state index contributed by atoms with van der Waals surface area (Å²) in [6.45, 7) is 3.61. The number of aromatic nitrogens is 2. The highest BCUT2D eigenvalue weighted by Crippen LogP contribution is 2.20.